The van der Waals surface area contributed by atoms with E-state index >= 15 is 0 Å². The van der Waals surface area contributed by atoms with Gasteiger partial charge in [-0.1, -0.05) is 18.2 Å². The van der Waals surface area contributed by atoms with E-state index in [1.54, 1.807) is 17.4 Å². The van der Waals surface area contributed by atoms with Crippen molar-refractivity contribution in [2.75, 3.05) is 5.32 Å². The van der Waals surface area contributed by atoms with E-state index in [9.17, 15) is 13.2 Å². The molecule has 1 aromatic heterocycles. The molecule has 0 aliphatic carbocycles. The van der Waals surface area contributed by atoms with Crippen molar-refractivity contribution in [2.45, 2.75) is 25.6 Å². The van der Waals surface area contributed by atoms with E-state index in [2.05, 4.69) is 5.32 Å². The van der Waals surface area contributed by atoms with Crippen molar-refractivity contribution in [2.24, 2.45) is 0 Å². The maximum absolute atomic E-state index is 12.8. The molecular weight excluding hydrogens is 271 g/mol. The Morgan fingerprint density at radius 3 is 2.53 bits per heavy atom. The molecule has 102 valence electrons. The first kappa shape index (κ1) is 13.9. The van der Waals surface area contributed by atoms with Crippen LogP contribution in [-0.4, -0.2) is 6.04 Å². The molecule has 1 aromatic carbocycles. The van der Waals surface area contributed by atoms with Gasteiger partial charge in [0.15, 0.2) is 0 Å². The molecular formula is C14H14F3NS. The second kappa shape index (κ2) is 5.65. The van der Waals surface area contributed by atoms with Gasteiger partial charge in [0.05, 0.1) is 5.56 Å². The molecule has 0 aliphatic heterocycles. The topological polar surface area (TPSA) is 12.0 Å². The van der Waals surface area contributed by atoms with Gasteiger partial charge in [-0.25, -0.2) is 0 Å². The Labute approximate surface area is 114 Å². The minimum Gasteiger partial charge on any atom is -0.382 e. The molecule has 0 saturated heterocycles. The second-order valence-electron chi connectivity index (χ2n) is 4.37. The van der Waals surface area contributed by atoms with Crippen molar-refractivity contribution in [3.05, 3.63) is 52.2 Å². The summed E-state index contributed by atoms with van der Waals surface area (Å²) in [4.78, 5) is 1.16. The molecule has 1 nitrogen and oxygen atoms in total. The lowest BCUT2D eigenvalue weighted by molar-refractivity contribution is -0.137. The summed E-state index contributed by atoms with van der Waals surface area (Å²) in [6, 6.07) is 9.44. The third kappa shape index (κ3) is 3.73. The van der Waals surface area contributed by atoms with Gasteiger partial charge in [0.1, 0.15) is 0 Å². The van der Waals surface area contributed by atoms with Crippen molar-refractivity contribution in [3.8, 4) is 0 Å². The largest absolute Gasteiger partial charge is 0.418 e. The first-order valence-corrected chi connectivity index (χ1v) is 6.80. The number of alkyl halides is 3. The SMILES string of the molecule is CC(Cc1cccs1)Nc1ccccc1C(F)(F)F. The second-order valence-corrected chi connectivity index (χ2v) is 5.40. The fourth-order valence-electron chi connectivity index (χ4n) is 1.90. The van der Waals surface area contributed by atoms with Gasteiger partial charge in [-0.3, -0.25) is 0 Å². The maximum atomic E-state index is 12.8. The van der Waals surface area contributed by atoms with E-state index in [-0.39, 0.29) is 11.7 Å². The van der Waals surface area contributed by atoms with Crippen molar-refractivity contribution < 1.29 is 13.2 Å². The van der Waals surface area contributed by atoms with E-state index in [4.69, 9.17) is 0 Å². The molecule has 1 unspecified atom stereocenters. The van der Waals surface area contributed by atoms with Crippen LogP contribution in [-0.2, 0) is 12.6 Å². The third-order valence-corrected chi connectivity index (χ3v) is 3.62. The van der Waals surface area contributed by atoms with E-state index in [0.29, 0.717) is 6.42 Å². The van der Waals surface area contributed by atoms with Gasteiger partial charge in [-0.15, -0.1) is 11.3 Å². The summed E-state index contributed by atoms with van der Waals surface area (Å²) in [5.41, 5.74) is -0.480. The molecule has 0 radical (unpaired) electrons. The number of rotatable bonds is 4. The Balaban J connectivity index is 2.10. The van der Waals surface area contributed by atoms with Crippen LogP contribution < -0.4 is 5.32 Å². The number of halogens is 3. The number of benzene rings is 1. The van der Waals surface area contributed by atoms with E-state index < -0.39 is 11.7 Å². The predicted molar refractivity (Wildman–Crippen MR) is 72.6 cm³/mol. The lowest BCUT2D eigenvalue weighted by Crippen LogP contribution is -2.20. The van der Waals surface area contributed by atoms with Gasteiger partial charge in [-0.2, -0.15) is 13.2 Å². The summed E-state index contributed by atoms with van der Waals surface area (Å²) in [7, 11) is 0. The molecule has 0 spiro atoms. The van der Waals surface area contributed by atoms with E-state index in [1.165, 1.54) is 12.1 Å². The van der Waals surface area contributed by atoms with Crippen molar-refractivity contribution in [3.63, 3.8) is 0 Å². The summed E-state index contributed by atoms with van der Waals surface area (Å²) in [5, 5.41) is 4.91. The summed E-state index contributed by atoms with van der Waals surface area (Å²) >= 11 is 1.61. The summed E-state index contributed by atoms with van der Waals surface area (Å²) in [6.45, 7) is 1.88. The highest BCUT2D eigenvalue weighted by Gasteiger charge is 2.33. The van der Waals surface area contributed by atoms with Gasteiger partial charge in [0, 0.05) is 23.0 Å². The Hall–Kier alpha value is -1.49. The quantitative estimate of drug-likeness (QED) is 0.850. The van der Waals surface area contributed by atoms with Crippen LogP contribution in [0.5, 0.6) is 0 Å². The monoisotopic (exact) mass is 285 g/mol. The van der Waals surface area contributed by atoms with Crippen LogP contribution in [0.3, 0.4) is 0 Å². The van der Waals surface area contributed by atoms with Gasteiger partial charge in [0.25, 0.3) is 0 Å². The molecule has 0 bridgehead atoms. The number of para-hydroxylation sites is 1. The smallest absolute Gasteiger partial charge is 0.382 e. The molecule has 0 aliphatic rings. The molecule has 2 rings (SSSR count). The maximum Gasteiger partial charge on any atom is 0.418 e. The average Bonchev–Trinajstić information content (AvgIpc) is 2.81. The van der Waals surface area contributed by atoms with E-state index in [1.807, 2.05) is 24.4 Å². The van der Waals surface area contributed by atoms with Crippen molar-refractivity contribution in [1.29, 1.82) is 0 Å². The molecule has 1 heterocycles. The molecule has 1 N–H and O–H groups in total. The first-order valence-electron chi connectivity index (χ1n) is 5.92. The van der Waals surface area contributed by atoms with Gasteiger partial charge < -0.3 is 5.32 Å². The fraction of sp³-hybridized carbons (Fsp3) is 0.286. The summed E-state index contributed by atoms with van der Waals surface area (Å²) < 4.78 is 38.5. The van der Waals surface area contributed by atoms with Gasteiger partial charge in [-0.05, 0) is 30.5 Å². The highest BCUT2D eigenvalue weighted by Crippen LogP contribution is 2.34. The number of thiophene rings is 1. The van der Waals surface area contributed by atoms with Gasteiger partial charge in [0.2, 0.25) is 0 Å². The lowest BCUT2D eigenvalue weighted by Gasteiger charge is -2.18. The van der Waals surface area contributed by atoms with Crippen LogP contribution in [0.4, 0.5) is 18.9 Å². The molecule has 1 atom stereocenters. The average molecular weight is 285 g/mol. The molecule has 0 amide bonds. The number of anilines is 1. The highest BCUT2D eigenvalue weighted by molar-refractivity contribution is 7.09. The zero-order valence-electron chi connectivity index (χ0n) is 10.4. The van der Waals surface area contributed by atoms with Gasteiger partial charge >= 0.3 is 6.18 Å². The van der Waals surface area contributed by atoms with Crippen LogP contribution in [0.15, 0.2) is 41.8 Å². The molecule has 2 aromatic rings. The zero-order chi connectivity index (χ0) is 13.9. The summed E-state index contributed by atoms with van der Waals surface area (Å²) in [5.74, 6) is 0. The standard InChI is InChI=1S/C14H14F3NS/c1-10(9-11-5-4-8-19-11)18-13-7-3-2-6-12(13)14(15,16)17/h2-8,10,18H,9H2,1H3. The Bertz CT molecular complexity index is 520. The normalized spacial score (nSPS) is 13.3. The van der Waals surface area contributed by atoms with Crippen LogP contribution in [0, 0.1) is 0 Å². The van der Waals surface area contributed by atoms with Crippen molar-refractivity contribution in [1.82, 2.24) is 0 Å². The summed E-state index contributed by atoms with van der Waals surface area (Å²) in [6.07, 6.45) is -3.61. The zero-order valence-corrected chi connectivity index (χ0v) is 11.2. The first-order chi connectivity index (χ1) is 8.97. The van der Waals surface area contributed by atoms with Crippen LogP contribution in [0.1, 0.15) is 17.4 Å². The molecule has 0 saturated carbocycles. The third-order valence-electron chi connectivity index (χ3n) is 2.72. The minimum atomic E-state index is -4.33. The Morgan fingerprint density at radius 2 is 1.89 bits per heavy atom. The van der Waals surface area contributed by atoms with Crippen LogP contribution in [0.25, 0.3) is 0 Å². The molecule has 19 heavy (non-hydrogen) atoms. The predicted octanol–water partition coefficient (Wildman–Crippen LogP) is 4.81. The van der Waals surface area contributed by atoms with Crippen LogP contribution in [0.2, 0.25) is 0 Å². The Kier molecular flexibility index (Phi) is 4.14. The number of hydrogen-bond acceptors (Lipinski definition) is 2. The lowest BCUT2D eigenvalue weighted by atomic mass is 10.1. The molecule has 0 fully saturated rings. The number of hydrogen-bond donors (Lipinski definition) is 1. The van der Waals surface area contributed by atoms with E-state index in [0.717, 1.165) is 10.9 Å². The number of nitrogens with one attached hydrogen (secondary N) is 1. The fourth-order valence-corrected chi connectivity index (χ4v) is 2.74. The van der Waals surface area contributed by atoms with Crippen LogP contribution >= 0.6 is 11.3 Å². The highest BCUT2D eigenvalue weighted by atomic mass is 32.1. The van der Waals surface area contributed by atoms with Crippen molar-refractivity contribution >= 4 is 17.0 Å². The molecule has 5 heteroatoms. The Morgan fingerprint density at radius 1 is 1.16 bits per heavy atom. The minimum absolute atomic E-state index is 0.0536.